The van der Waals surface area contributed by atoms with E-state index in [0.29, 0.717) is 13.2 Å². The number of hydrogen-bond acceptors (Lipinski definition) is 3. The first kappa shape index (κ1) is 10.8. The number of hydrogen-bond donors (Lipinski definition) is 1. The molecule has 0 aromatic rings. The Kier molecular flexibility index (Phi) is 4.02. The van der Waals surface area contributed by atoms with Gasteiger partial charge in [0.1, 0.15) is 6.61 Å². The monoisotopic (exact) mass is 195 g/mol. The molecule has 1 unspecified atom stereocenters. The average Bonchev–Trinajstić information content (AvgIpc) is 2.52. The molecule has 0 radical (unpaired) electrons. The summed E-state index contributed by atoms with van der Waals surface area (Å²) >= 11 is 0. The lowest BCUT2D eigenvalue weighted by Crippen LogP contribution is -2.36. The van der Waals surface area contributed by atoms with Crippen LogP contribution in [0.25, 0.3) is 0 Å². The molecule has 13 heavy (non-hydrogen) atoms. The van der Waals surface area contributed by atoms with Crippen molar-refractivity contribution in [3.8, 4) is 0 Å². The summed E-state index contributed by atoms with van der Waals surface area (Å²) in [7, 11) is 1.49. The van der Waals surface area contributed by atoms with Gasteiger partial charge in [0.15, 0.2) is 0 Å². The van der Waals surface area contributed by atoms with Crippen molar-refractivity contribution in [2.45, 2.75) is 18.4 Å². The number of ether oxygens (including phenoxy) is 2. The third-order valence-corrected chi connectivity index (χ3v) is 1.85. The van der Waals surface area contributed by atoms with Crippen molar-refractivity contribution in [3.63, 3.8) is 0 Å². The molecule has 78 valence electrons. The van der Waals surface area contributed by atoms with Crippen molar-refractivity contribution >= 4 is 0 Å². The highest BCUT2D eigenvalue weighted by molar-refractivity contribution is 4.70. The van der Waals surface area contributed by atoms with Crippen molar-refractivity contribution in [1.29, 1.82) is 0 Å². The van der Waals surface area contributed by atoms with Crippen LogP contribution in [0.15, 0.2) is 0 Å². The molecule has 0 aromatic carbocycles. The molecule has 0 spiro atoms. The molecule has 1 saturated heterocycles. The highest BCUT2D eigenvalue weighted by atomic mass is 19.3. The van der Waals surface area contributed by atoms with E-state index < -0.39 is 12.5 Å². The predicted octanol–water partition coefficient (Wildman–Crippen LogP) is 0.647. The molecule has 1 aliphatic heterocycles. The van der Waals surface area contributed by atoms with Crippen LogP contribution in [0, 0.1) is 0 Å². The molecule has 1 heterocycles. The molecule has 1 N–H and O–H groups in total. The molecule has 1 rings (SSSR count). The van der Waals surface area contributed by atoms with Crippen LogP contribution in [0.5, 0.6) is 0 Å². The van der Waals surface area contributed by atoms with E-state index in [9.17, 15) is 8.78 Å². The lowest BCUT2D eigenvalue weighted by molar-refractivity contribution is -0.0961. The largest absolute Gasteiger partial charge is 0.379 e. The van der Waals surface area contributed by atoms with Gasteiger partial charge in [-0.15, -0.1) is 0 Å². The van der Waals surface area contributed by atoms with E-state index in [1.54, 1.807) is 0 Å². The second-order valence-electron chi connectivity index (χ2n) is 3.18. The first-order valence-corrected chi connectivity index (χ1v) is 4.36. The predicted molar refractivity (Wildman–Crippen MR) is 44.0 cm³/mol. The van der Waals surface area contributed by atoms with Gasteiger partial charge in [-0.2, -0.15) is 0 Å². The van der Waals surface area contributed by atoms with Crippen LogP contribution in [0.2, 0.25) is 0 Å². The van der Waals surface area contributed by atoms with Gasteiger partial charge in [0, 0.05) is 6.61 Å². The summed E-state index contributed by atoms with van der Waals surface area (Å²) in [6.45, 7) is 0.181. The molecular weight excluding hydrogens is 180 g/mol. The minimum Gasteiger partial charge on any atom is -0.379 e. The number of halogens is 2. The van der Waals surface area contributed by atoms with E-state index in [4.69, 9.17) is 9.47 Å². The molecule has 1 aliphatic rings. The molecule has 0 saturated carbocycles. The Hall–Kier alpha value is -0.260. The van der Waals surface area contributed by atoms with E-state index >= 15 is 0 Å². The number of nitrogens with one attached hydrogen (secondary N) is 1. The SMILES string of the molecule is CNCC(F)(F)COC1CCOC1. The maximum absolute atomic E-state index is 12.8. The molecule has 1 fully saturated rings. The Morgan fingerprint density at radius 2 is 2.38 bits per heavy atom. The Morgan fingerprint density at radius 3 is 2.92 bits per heavy atom. The minimum atomic E-state index is -2.78. The number of rotatable bonds is 5. The minimum absolute atomic E-state index is 0.150. The third-order valence-electron chi connectivity index (χ3n) is 1.85. The van der Waals surface area contributed by atoms with Crippen molar-refractivity contribution in [2.75, 3.05) is 33.4 Å². The van der Waals surface area contributed by atoms with Crippen LogP contribution in [0.3, 0.4) is 0 Å². The van der Waals surface area contributed by atoms with Crippen molar-refractivity contribution in [1.82, 2.24) is 5.32 Å². The fourth-order valence-electron chi connectivity index (χ4n) is 1.19. The van der Waals surface area contributed by atoms with E-state index in [-0.39, 0.29) is 12.6 Å². The van der Waals surface area contributed by atoms with E-state index in [1.807, 2.05) is 0 Å². The molecule has 5 heteroatoms. The molecule has 3 nitrogen and oxygen atoms in total. The van der Waals surface area contributed by atoms with Gasteiger partial charge < -0.3 is 14.8 Å². The average molecular weight is 195 g/mol. The normalized spacial score (nSPS) is 23.8. The van der Waals surface area contributed by atoms with Crippen molar-refractivity contribution in [2.24, 2.45) is 0 Å². The Morgan fingerprint density at radius 1 is 1.62 bits per heavy atom. The van der Waals surface area contributed by atoms with Gasteiger partial charge in [-0.3, -0.25) is 0 Å². The highest BCUT2D eigenvalue weighted by Gasteiger charge is 2.30. The smallest absolute Gasteiger partial charge is 0.283 e. The zero-order chi connectivity index (χ0) is 9.73. The van der Waals surface area contributed by atoms with E-state index in [2.05, 4.69) is 5.32 Å². The summed E-state index contributed by atoms with van der Waals surface area (Å²) in [5.74, 6) is -2.78. The van der Waals surface area contributed by atoms with Crippen molar-refractivity contribution < 1.29 is 18.3 Å². The molecule has 0 aromatic heterocycles. The first-order chi connectivity index (χ1) is 6.14. The van der Waals surface area contributed by atoms with Gasteiger partial charge >= 0.3 is 0 Å². The number of alkyl halides is 2. The topological polar surface area (TPSA) is 30.5 Å². The van der Waals surface area contributed by atoms with Crippen LogP contribution >= 0.6 is 0 Å². The van der Waals surface area contributed by atoms with Gasteiger partial charge in [-0.1, -0.05) is 0 Å². The molecule has 0 aliphatic carbocycles. The second-order valence-corrected chi connectivity index (χ2v) is 3.18. The summed E-state index contributed by atoms with van der Waals surface area (Å²) in [5, 5.41) is 2.42. The second kappa shape index (κ2) is 4.83. The Labute approximate surface area is 76.4 Å². The van der Waals surface area contributed by atoms with Crippen LogP contribution in [-0.2, 0) is 9.47 Å². The van der Waals surface area contributed by atoms with Crippen LogP contribution in [0.1, 0.15) is 6.42 Å². The molecule has 0 bridgehead atoms. The molecule has 0 amide bonds. The Balaban J connectivity index is 2.15. The summed E-state index contributed by atoms with van der Waals surface area (Å²) in [6.07, 6.45) is 0.568. The standard InChI is InChI=1S/C8H15F2NO2/c1-11-5-8(9,10)6-13-7-2-3-12-4-7/h7,11H,2-6H2,1H3. The third kappa shape index (κ3) is 3.97. The van der Waals surface area contributed by atoms with Crippen LogP contribution < -0.4 is 5.32 Å². The maximum atomic E-state index is 12.8. The first-order valence-electron chi connectivity index (χ1n) is 4.36. The van der Waals surface area contributed by atoms with Crippen molar-refractivity contribution in [3.05, 3.63) is 0 Å². The van der Waals surface area contributed by atoms with E-state index in [0.717, 1.165) is 6.42 Å². The van der Waals surface area contributed by atoms with Crippen LogP contribution in [-0.4, -0.2) is 45.4 Å². The van der Waals surface area contributed by atoms with E-state index in [1.165, 1.54) is 7.05 Å². The fraction of sp³-hybridized carbons (Fsp3) is 1.00. The lowest BCUT2D eigenvalue weighted by atomic mass is 10.3. The fourth-order valence-corrected chi connectivity index (χ4v) is 1.19. The summed E-state index contributed by atoms with van der Waals surface area (Å²) in [5.41, 5.74) is 0. The van der Waals surface area contributed by atoms with Gasteiger partial charge in [-0.25, -0.2) is 8.78 Å². The highest BCUT2D eigenvalue weighted by Crippen LogP contribution is 2.16. The van der Waals surface area contributed by atoms with Crippen LogP contribution in [0.4, 0.5) is 8.78 Å². The zero-order valence-electron chi connectivity index (χ0n) is 7.69. The summed E-state index contributed by atoms with van der Waals surface area (Å²) in [6, 6.07) is 0. The lowest BCUT2D eigenvalue weighted by Gasteiger charge is -2.18. The summed E-state index contributed by atoms with van der Waals surface area (Å²) in [4.78, 5) is 0. The molecule has 1 atom stereocenters. The van der Waals surface area contributed by atoms with Gasteiger partial charge in [0.05, 0.1) is 19.3 Å². The quantitative estimate of drug-likeness (QED) is 0.698. The summed E-state index contributed by atoms with van der Waals surface area (Å²) < 4.78 is 35.7. The van der Waals surface area contributed by atoms with Gasteiger partial charge in [0.25, 0.3) is 5.92 Å². The van der Waals surface area contributed by atoms with Gasteiger partial charge in [0.2, 0.25) is 0 Å². The Bertz CT molecular complexity index is 149. The molecular formula is C8H15F2NO2. The maximum Gasteiger partial charge on any atom is 0.283 e. The van der Waals surface area contributed by atoms with Gasteiger partial charge in [-0.05, 0) is 13.5 Å². The zero-order valence-corrected chi connectivity index (χ0v) is 7.69.